The van der Waals surface area contributed by atoms with Crippen molar-refractivity contribution in [3.05, 3.63) is 29.8 Å². The van der Waals surface area contributed by atoms with Crippen LogP contribution in [0.15, 0.2) is 23.1 Å². The van der Waals surface area contributed by atoms with E-state index in [1.54, 1.807) is 0 Å². The Bertz CT molecular complexity index is 252. The molecule has 0 radical (unpaired) electrons. The molecule has 4 heteroatoms. The van der Waals surface area contributed by atoms with E-state index in [-0.39, 0.29) is 0 Å². The molecule has 0 aliphatic heterocycles. The Morgan fingerprint density at radius 1 is 1.27 bits per heavy atom. The smallest absolute Gasteiger partial charge is 0.159 e. The van der Waals surface area contributed by atoms with Crippen LogP contribution in [0.1, 0.15) is 0 Å². The SMILES string of the molecule is Fc1ccc(SCCl)cc1F. The third-order valence-electron chi connectivity index (χ3n) is 1.11. The van der Waals surface area contributed by atoms with Crippen molar-refractivity contribution in [2.75, 3.05) is 5.21 Å². The largest absolute Gasteiger partial charge is 0.204 e. The summed E-state index contributed by atoms with van der Waals surface area (Å²) in [6, 6.07) is 3.71. The molecule has 0 nitrogen and oxygen atoms in total. The van der Waals surface area contributed by atoms with Gasteiger partial charge in [0.15, 0.2) is 11.6 Å². The Kier molecular flexibility index (Phi) is 3.15. The minimum atomic E-state index is -0.833. The van der Waals surface area contributed by atoms with E-state index in [0.29, 0.717) is 10.1 Å². The number of thioether (sulfide) groups is 1. The van der Waals surface area contributed by atoms with Crippen LogP contribution in [0.2, 0.25) is 0 Å². The zero-order valence-corrected chi connectivity index (χ0v) is 7.05. The maximum Gasteiger partial charge on any atom is 0.159 e. The summed E-state index contributed by atoms with van der Waals surface area (Å²) in [4.78, 5) is 0.638. The lowest BCUT2D eigenvalue weighted by Gasteiger charge is -1.96. The van der Waals surface area contributed by atoms with Gasteiger partial charge < -0.3 is 0 Å². The van der Waals surface area contributed by atoms with E-state index in [2.05, 4.69) is 0 Å². The van der Waals surface area contributed by atoms with Gasteiger partial charge in [0.25, 0.3) is 0 Å². The van der Waals surface area contributed by atoms with Gasteiger partial charge in [0.05, 0.1) is 5.21 Å². The highest BCUT2D eigenvalue weighted by atomic mass is 35.5. The molecule has 0 amide bonds. The van der Waals surface area contributed by atoms with Crippen LogP contribution in [0, 0.1) is 11.6 Å². The first-order valence-electron chi connectivity index (χ1n) is 2.88. The van der Waals surface area contributed by atoms with E-state index in [1.807, 2.05) is 0 Å². The monoisotopic (exact) mass is 194 g/mol. The number of benzene rings is 1. The molecule has 0 aliphatic carbocycles. The molecule has 60 valence electrons. The summed E-state index contributed by atoms with van der Waals surface area (Å²) in [6.45, 7) is 0. The predicted octanol–water partition coefficient (Wildman–Crippen LogP) is 3.25. The standard InChI is InChI=1S/C7H5ClF2S/c8-4-11-5-1-2-6(9)7(10)3-5/h1-3H,4H2. The molecule has 0 bridgehead atoms. The van der Waals surface area contributed by atoms with E-state index in [9.17, 15) is 8.78 Å². The molecule has 0 aromatic heterocycles. The number of rotatable bonds is 2. The van der Waals surface area contributed by atoms with Crippen molar-refractivity contribution in [1.29, 1.82) is 0 Å². The first-order valence-corrected chi connectivity index (χ1v) is 4.40. The number of hydrogen-bond donors (Lipinski definition) is 0. The van der Waals surface area contributed by atoms with Crippen LogP contribution in [0.3, 0.4) is 0 Å². The second kappa shape index (κ2) is 3.93. The first kappa shape index (κ1) is 8.81. The molecule has 0 aliphatic rings. The highest BCUT2D eigenvalue weighted by Gasteiger charge is 2.01. The molecule has 11 heavy (non-hydrogen) atoms. The van der Waals surface area contributed by atoms with E-state index < -0.39 is 11.6 Å². The second-order valence-corrected chi connectivity index (χ2v) is 3.46. The quantitative estimate of drug-likeness (QED) is 0.515. The molecule has 1 aromatic rings. The van der Waals surface area contributed by atoms with Gasteiger partial charge in [0.1, 0.15) is 0 Å². The fraction of sp³-hybridized carbons (Fsp3) is 0.143. The predicted molar refractivity (Wildman–Crippen MR) is 42.9 cm³/mol. The van der Waals surface area contributed by atoms with Crippen LogP contribution in [-0.2, 0) is 0 Å². The summed E-state index contributed by atoms with van der Waals surface area (Å²) in [6.07, 6.45) is 0. The Labute approximate surface area is 72.6 Å². The highest BCUT2D eigenvalue weighted by molar-refractivity contribution is 8.00. The maximum atomic E-state index is 12.5. The van der Waals surface area contributed by atoms with Gasteiger partial charge in [-0.15, -0.1) is 23.4 Å². The van der Waals surface area contributed by atoms with Gasteiger partial charge in [-0.1, -0.05) is 0 Å². The average molecular weight is 195 g/mol. The molecule has 0 N–H and O–H groups in total. The minimum Gasteiger partial charge on any atom is -0.204 e. The van der Waals surface area contributed by atoms with Crippen LogP contribution in [-0.4, -0.2) is 5.21 Å². The molecule has 0 saturated carbocycles. The number of hydrogen-bond acceptors (Lipinski definition) is 1. The third kappa shape index (κ3) is 2.34. The Balaban J connectivity index is 2.86. The molecule has 0 atom stereocenters. The van der Waals surface area contributed by atoms with Crippen LogP contribution >= 0.6 is 23.4 Å². The molecular formula is C7H5ClF2S. The summed E-state index contributed by atoms with van der Waals surface area (Å²) in [5.41, 5.74) is 0. The molecule has 0 spiro atoms. The average Bonchev–Trinajstić information content (AvgIpc) is 1.98. The van der Waals surface area contributed by atoms with E-state index in [0.717, 1.165) is 12.1 Å². The zero-order chi connectivity index (χ0) is 8.27. The molecule has 1 rings (SSSR count). The summed E-state index contributed by atoms with van der Waals surface area (Å²) in [5, 5.41) is 0.338. The highest BCUT2D eigenvalue weighted by Crippen LogP contribution is 2.20. The third-order valence-corrected chi connectivity index (χ3v) is 2.14. The Morgan fingerprint density at radius 2 is 2.00 bits per heavy atom. The molecule has 1 aromatic carbocycles. The fourth-order valence-corrected chi connectivity index (χ4v) is 1.48. The van der Waals surface area contributed by atoms with E-state index in [1.165, 1.54) is 17.8 Å². The molecule has 0 fully saturated rings. The lowest BCUT2D eigenvalue weighted by molar-refractivity contribution is 0.506. The zero-order valence-electron chi connectivity index (χ0n) is 5.48. The number of halogens is 3. The van der Waals surface area contributed by atoms with Gasteiger partial charge in [0.2, 0.25) is 0 Å². The van der Waals surface area contributed by atoms with E-state index >= 15 is 0 Å². The van der Waals surface area contributed by atoms with Crippen LogP contribution in [0.5, 0.6) is 0 Å². The minimum absolute atomic E-state index is 0.338. The van der Waals surface area contributed by atoms with Gasteiger partial charge in [-0.05, 0) is 18.2 Å². The lowest BCUT2D eigenvalue weighted by Crippen LogP contribution is -1.82. The van der Waals surface area contributed by atoms with Crippen LogP contribution in [0.4, 0.5) is 8.78 Å². The Hall–Kier alpha value is -0.280. The van der Waals surface area contributed by atoms with Gasteiger partial charge in [0, 0.05) is 4.90 Å². The molecular weight excluding hydrogens is 190 g/mol. The van der Waals surface area contributed by atoms with Gasteiger partial charge in [-0.25, -0.2) is 8.78 Å². The van der Waals surface area contributed by atoms with Crippen molar-refractivity contribution in [3.8, 4) is 0 Å². The normalized spacial score (nSPS) is 10.1. The van der Waals surface area contributed by atoms with Crippen molar-refractivity contribution >= 4 is 23.4 Å². The van der Waals surface area contributed by atoms with Crippen molar-refractivity contribution < 1.29 is 8.78 Å². The molecule has 0 unspecified atom stereocenters. The lowest BCUT2D eigenvalue weighted by atomic mass is 10.3. The summed E-state index contributed by atoms with van der Waals surface area (Å²) in [5.74, 6) is -1.66. The van der Waals surface area contributed by atoms with E-state index in [4.69, 9.17) is 11.6 Å². The van der Waals surface area contributed by atoms with Crippen molar-refractivity contribution in [2.45, 2.75) is 4.90 Å². The molecule has 0 heterocycles. The van der Waals surface area contributed by atoms with Gasteiger partial charge >= 0.3 is 0 Å². The Morgan fingerprint density at radius 3 is 2.55 bits per heavy atom. The second-order valence-electron chi connectivity index (χ2n) is 1.83. The summed E-state index contributed by atoms with van der Waals surface area (Å²) < 4.78 is 24.8. The summed E-state index contributed by atoms with van der Waals surface area (Å²) >= 11 is 6.63. The topological polar surface area (TPSA) is 0 Å². The van der Waals surface area contributed by atoms with Gasteiger partial charge in [-0.3, -0.25) is 0 Å². The summed E-state index contributed by atoms with van der Waals surface area (Å²) in [7, 11) is 0. The maximum absolute atomic E-state index is 12.5. The van der Waals surface area contributed by atoms with Crippen LogP contribution in [0.25, 0.3) is 0 Å². The fourth-order valence-electron chi connectivity index (χ4n) is 0.630. The number of alkyl halides is 1. The molecule has 0 saturated heterocycles. The first-order chi connectivity index (χ1) is 5.24. The van der Waals surface area contributed by atoms with Gasteiger partial charge in [-0.2, -0.15) is 0 Å². The van der Waals surface area contributed by atoms with Crippen molar-refractivity contribution in [1.82, 2.24) is 0 Å². The van der Waals surface area contributed by atoms with Crippen molar-refractivity contribution in [3.63, 3.8) is 0 Å². The van der Waals surface area contributed by atoms with Crippen LogP contribution < -0.4 is 0 Å². The van der Waals surface area contributed by atoms with Crippen molar-refractivity contribution in [2.24, 2.45) is 0 Å².